The van der Waals surface area contributed by atoms with E-state index in [2.05, 4.69) is 4.98 Å². The van der Waals surface area contributed by atoms with Gasteiger partial charge in [0.1, 0.15) is 0 Å². The Hall–Kier alpha value is -0.880. The van der Waals surface area contributed by atoms with Crippen molar-refractivity contribution in [3.8, 4) is 0 Å². The van der Waals surface area contributed by atoms with Gasteiger partial charge in [-0.15, -0.1) is 11.6 Å². The number of hydrogen-bond donors (Lipinski definition) is 0. The molecule has 1 heterocycles. The Morgan fingerprint density at radius 1 is 1.50 bits per heavy atom. The van der Waals surface area contributed by atoms with Crippen LogP contribution in [0.1, 0.15) is 20.3 Å². The molecule has 18 heavy (non-hydrogen) atoms. The fourth-order valence-corrected chi connectivity index (χ4v) is 3.42. The number of rotatable bonds is 6. The molecule has 102 valence electrons. The first-order valence-corrected chi connectivity index (χ1v) is 7.95. The Labute approximate surface area is 112 Å². The molecule has 0 N–H and O–H groups in total. The summed E-state index contributed by atoms with van der Waals surface area (Å²) in [5.74, 6) is -0.137. The zero-order valence-corrected chi connectivity index (χ0v) is 12.0. The molecular weight excluding hydrogens is 276 g/mol. The van der Waals surface area contributed by atoms with Crippen LogP contribution in [0.3, 0.4) is 0 Å². The van der Waals surface area contributed by atoms with Crippen molar-refractivity contribution in [2.45, 2.75) is 31.8 Å². The Morgan fingerprint density at radius 3 is 2.72 bits per heavy atom. The Morgan fingerprint density at radius 2 is 2.17 bits per heavy atom. The molecule has 0 amide bonds. The van der Waals surface area contributed by atoms with E-state index in [-0.39, 0.29) is 22.6 Å². The number of hydrogen-bond acceptors (Lipinski definition) is 4. The van der Waals surface area contributed by atoms with Gasteiger partial charge in [0, 0.05) is 24.8 Å². The zero-order valence-electron chi connectivity index (χ0n) is 10.5. The van der Waals surface area contributed by atoms with Crippen LogP contribution in [-0.2, 0) is 16.4 Å². The minimum atomic E-state index is -3.67. The van der Waals surface area contributed by atoms with E-state index < -0.39 is 15.4 Å². The highest BCUT2D eigenvalue weighted by Gasteiger charge is 2.23. The van der Waals surface area contributed by atoms with Crippen molar-refractivity contribution >= 4 is 21.4 Å². The second-order valence-corrected chi connectivity index (χ2v) is 6.53. The van der Waals surface area contributed by atoms with Crippen molar-refractivity contribution in [1.82, 2.24) is 9.55 Å². The summed E-state index contributed by atoms with van der Waals surface area (Å²) in [6.07, 6.45) is 3.59. The van der Waals surface area contributed by atoms with Crippen molar-refractivity contribution in [2.24, 2.45) is 5.92 Å². The Bertz CT molecular complexity index is 554. The first-order chi connectivity index (χ1) is 8.42. The molecule has 1 atom stereocenters. The largest absolute Gasteiger partial charge is 0.312 e. The predicted octanol–water partition coefficient (Wildman–Crippen LogP) is 1.30. The molecule has 0 saturated carbocycles. The van der Waals surface area contributed by atoms with Gasteiger partial charge in [-0.05, 0) is 12.3 Å². The normalized spacial score (nSPS) is 13.5. The molecule has 0 aromatic carbocycles. The van der Waals surface area contributed by atoms with Crippen LogP contribution in [0, 0.1) is 5.92 Å². The summed E-state index contributed by atoms with van der Waals surface area (Å²) >= 11 is 5.60. The molecule has 5 nitrogen and oxygen atoms in total. The standard InChI is InChI=1S/C11H17ClN2O3S/c1-3-5-14-6-4-13-10(11(14)15)18(16,17)8-9(2)7-12/h4,6,9H,3,5,7-8H2,1-2H3. The molecule has 1 rings (SSSR count). The summed E-state index contributed by atoms with van der Waals surface area (Å²) < 4.78 is 25.5. The van der Waals surface area contributed by atoms with Gasteiger partial charge in [0.15, 0.2) is 0 Å². The lowest BCUT2D eigenvalue weighted by molar-refractivity contribution is 0.568. The van der Waals surface area contributed by atoms with Crippen LogP contribution in [0.2, 0.25) is 0 Å². The van der Waals surface area contributed by atoms with E-state index in [1.54, 1.807) is 6.92 Å². The third-order valence-corrected chi connectivity index (χ3v) is 4.81. The lowest BCUT2D eigenvalue weighted by Crippen LogP contribution is -2.29. The predicted molar refractivity (Wildman–Crippen MR) is 70.7 cm³/mol. The van der Waals surface area contributed by atoms with Gasteiger partial charge >= 0.3 is 0 Å². The molecule has 0 bridgehead atoms. The van der Waals surface area contributed by atoms with Crippen LogP contribution in [-0.4, -0.2) is 29.6 Å². The molecule has 0 spiro atoms. The van der Waals surface area contributed by atoms with Crippen LogP contribution >= 0.6 is 11.6 Å². The fourth-order valence-electron chi connectivity index (χ4n) is 1.56. The van der Waals surface area contributed by atoms with Crippen LogP contribution in [0.25, 0.3) is 0 Å². The van der Waals surface area contributed by atoms with Crippen molar-refractivity contribution in [3.63, 3.8) is 0 Å². The molecule has 0 aliphatic carbocycles. The van der Waals surface area contributed by atoms with E-state index >= 15 is 0 Å². The molecular formula is C11H17ClN2O3S. The van der Waals surface area contributed by atoms with Gasteiger partial charge < -0.3 is 4.57 Å². The summed E-state index contributed by atoms with van der Waals surface area (Å²) in [5.41, 5.74) is -0.555. The summed E-state index contributed by atoms with van der Waals surface area (Å²) in [6, 6.07) is 0. The first-order valence-electron chi connectivity index (χ1n) is 5.76. The first kappa shape index (κ1) is 15.2. The maximum absolute atomic E-state index is 12.0. The van der Waals surface area contributed by atoms with Crippen LogP contribution < -0.4 is 5.56 Å². The monoisotopic (exact) mass is 292 g/mol. The van der Waals surface area contributed by atoms with Crippen molar-refractivity contribution < 1.29 is 8.42 Å². The van der Waals surface area contributed by atoms with Crippen molar-refractivity contribution in [3.05, 3.63) is 22.7 Å². The highest BCUT2D eigenvalue weighted by Crippen LogP contribution is 2.09. The van der Waals surface area contributed by atoms with E-state index in [1.807, 2.05) is 6.92 Å². The SMILES string of the molecule is CCCn1ccnc(S(=O)(=O)CC(C)CCl)c1=O. The second kappa shape index (κ2) is 6.33. The molecule has 0 aliphatic heterocycles. The number of aryl methyl sites for hydroxylation is 1. The minimum absolute atomic E-state index is 0.158. The highest BCUT2D eigenvalue weighted by atomic mass is 35.5. The third-order valence-electron chi connectivity index (χ3n) is 2.41. The lowest BCUT2D eigenvalue weighted by Gasteiger charge is -2.09. The Kier molecular flexibility index (Phi) is 5.34. The fraction of sp³-hybridized carbons (Fsp3) is 0.636. The van der Waals surface area contributed by atoms with Crippen LogP contribution in [0.5, 0.6) is 0 Å². The highest BCUT2D eigenvalue weighted by molar-refractivity contribution is 7.91. The lowest BCUT2D eigenvalue weighted by atomic mass is 10.3. The maximum Gasteiger partial charge on any atom is 0.288 e. The van der Waals surface area contributed by atoms with Gasteiger partial charge in [-0.3, -0.25) is 4.79 Å². The molecule has 1 unspecified atom stereocenters. The van der Waals surface area contributed by atoms with Gasteiger partial charge in [0.05, 0.1) is 5.75 Å². The Balaban J connectivity index is 3.17. The van der Waals surface area contributed by atoms with Gasteiger partial charge in [-0.25, -0.2) is 13.4 Å². The zero-order chi connectivity index (χ0) is 13.8. The number of alkyl halides is 1. The quantitative estimate of drug-likeness (QED) is 0.741. The van der Waals surface area contributed by atoms with Crippen LogP contribution in [0.4, 0.5) is 0 Å². The maximum atomic E-state index is 12.0. The van der Waals surface area contributed by atoms with Gasteiger partial charge in [-0.1, -0.05) is 13.8 Å². The summed E-state index contributed by atoms with van der Waals surface area (Å²) in [7, 11) is -3.67. The summed E-state index contributed by atoms with van der Waals surface area (Å²) in [6.45, 7) is 4.11. The van der Waals surface area contributed by atoms with Gasteiger partial charge in [0.25, 0.3) is 5.56 Å². The van der Waals surface area contributed by atoms with E-state index in [4.69, 9.17) is 11.6 Å². The minimum Gasteiger partial charge on any atom is -0.312 e. The average molecular weight is 293 g/mol. The summed E-state index contributed by atoms with van der Waals surface area (Å²) in [4.78, 5) is 15.7. The molecule has 7 heteroatoms. The average Bonchev–Trinajstić information content (AvgIpc) is 2.31. The van der Waals surface area contributed by atoms with E-state index in [0.29, 0.717) is 6.54 Å². The van der Waals surface area contributed by atoms with Crippen LogP contribution in [0.15, 0.2) is 22.2 Å². The molecule has 0 saturated heterocycles. The molecule has 0 fully saturated rings. The smallest absolute Gasteiger partial charge is 0.288 e. The van der Waals surface area contributed by atoms with Crippen molar-refractivity contribution in [2.75, 3.05) is 11.6 Å². The van der Waals surface area contributed by atoms with E-state index in [1.165, 1.54) is 17.0 Å². The topological polar surface area (TPSA) is 69.0 Å². The van der Waals surface area contributed by atoms with E-state index in [9.17, 15) is 13.2 Å². The van der Waals surface area contributed by atoms with E-state index in [0.717, 1.165) is 6.42 Å². The number of sulfone groups is 1. The van der Waals surface area contributed by atoms with Crippen molar-refractivity contribution in [1.29, 1.82) is 0 Å². The molecule has 1 aromatic heterocycles. The number of aromatic nitrogens is 2. The third kappa shape index (κ3) is 3.55. The van der Waals surface area contributed by atoms with Gasteiger partial charge in [-0.2, -0.15) is 0 Å². The number of halogens is 1. The molecule has 0 aliphatic rings. The second-order valence-electron chi connectivity index (χ2n) is 4.27. The molecule has 0 radical (unpaired) electrons. The summed E-state index contributed by atoms with van der Waals surface area (Å²) in [5, 5.41) is -0.379. The van der Waals surface area contributed by atoms with Gasteiger partial charge in [0.2, 0.25) is 14.9 Å². The number of nitrogens with zero attached hydrogens (tertiary/aromatic N) is 2. The molecule has 1 aromatic rings.